The van der Waals surface area contributed by atoms with E-state index >= 15 is 0 Å². The lowest BCUT2D eigenvalue weighted by molar-refractivity contribution is -0.142. The zero-order valence-corrected chi connectivity index (χ0v) is 13.0. The molecule has 0 bridgehead atoms. The van der Waals surface area contributed by atoms with Gasteiger partial charge in [-0.3, -0.25) is 4.79 Å². The molecule has 5 nitrogen and oxygen atoms in total. The second kappa shape index (κ2) is 5.60. The smallest absolute Gasteiger partial charge is 0.308 e. The Morgan fingerprint density at radius 3 is 2.68 bits per heavy atom. The molecule has 1 aliphatic carbocycles. The van der Waals surface area contributed by atoms with Crippen LogP contribution in [0.3, 0.4) is 0 Å². The average Bonchev–Trinajstić information content (AvgIpc) is 3.24. The Morgan fingerprint density at radius 2 is 2.14 bits per heavy atom. The van der Waals surface area contributed by atoms with Gasteiger partial charge < -0.3 is 10.0 Å². The summed E-state index contributed by atoms with van der Waals surface area (Å²) in [5, 5.41) is 18.8. The molecule has 0 aromatic carbocycles. The fourth-order valence-corrected chi connectivity index (χ4v) is 3.38. The molecule has 1 aliphatic heterocycles. The summed E-state index contributed by atoms with van der Waals surface area (Å²) in [5.41, 5.74) is 1.47. The van der Waals surface area contributed by atoms with Gasteiger partial charge in [0.2, 0.25) is 0 Å². The number of aromatic nitrogens is 1. The Hall–Kier alpha value is -2.09. The summed E-state index contributed by atoms with van der Waals surface area (Å²) in [4.78, 5) is 18.2. The minimum Gasteiger partial charge on any atom is -0.481 e. The highest BCUT2D eigenvalue weighted by Gasteiger charge is 2.46. The van der Waals surface area contributed by atoms with Crippen LogP contribution < -0.4 is 4.90 Å². The van der Waals surface area contributed by atoms with Gasteiger partial charge in [0.1, 0.15) is 11.9 Å². The third-order valence-corrected chi connectivity index (χ3v) is 4.82. The van der Waals surface area contributed by atoms with E-state index in [1.165, 1.54) is 0 Å². The minimum atomic E-state index is -0.724. The van der Waals surface area contributed by atoms with Crippen molar-refractivity contribution in [3.05, 3.63) is 23.4 Å². The molecule has 1 saturated carbocycles. The molecule has 116 valence electrons. The van der Waals surface area contributed by atoms with Crippen molar-refractivity contribution in [2.45, 2.75) is 32.6 Å². The van der Waals surface area contributed by atoms with Crippen molar-refractivity contribution in [3.63, 3.8) is 0 Å². The van der Waals surface area contributed by atoms with Crippen LogP contribution >= 0.6 is 0 Å². The third-order valence-electron chi connectivity index (χ3n) is 4.82. The zero-order valence-electron chi connectivity index (χ0n) is 13.0. The van der Waals surface area contributed by atoms with Gasteiger partial charge in [0.05, 0.1) is 11.5 Å². The van der Waals surface area contributed by atoms with Gasteiger partial charge in [0.15, 0.2) is 0 Å². The molecule has 2 heterocycles. The van der Waals surface area contributed by atoms with Gasteiger partial charge in [0, 0.05) is 18.8 Å². The van der Waals surface area contributed by atoms with Crippen LogP contribution in [0.2, 0.25) is 0 Å². The molecule has 2 atom stereocenters. The van der Waals surface area contributed by atoms with Crippen molar-refractivity contribution in [1.82, 2.24) is 4.98 Å². The molecule has 0 radical (unpaired) electrons. The first-order valence-electron chi connectivity index (χ1n) is 7.90. The van der Waals surface area contributed by atoms with Gasteiger partial charge in [-0.1, -0.05) is 13.8 Å². The lowest BCUT2D eigenvalue weighted by Crippen LogP contribution is -2.25. The van der Waals surface area contributed by atoms with Crippen LogP contribution in [0.5, 0.6) is 0 Å². The number of hydrogen-bond acceptors (Lipinski definition) is 4. The van der Waals surface area contributed by atoms with E-state index in [1.54, 1.807) is 6.07 Å². The number of pyridine rings is 1. The van der Waals surface area contributed by atoms with Gasteiger partial charge >= 0.3 is 5.97 Å². The first-order chi connectivity index (χ1) is 10.5. The molecular weight excluding hydrogens is 278 g/mol. The highest BCUT2D eigenvalue weighted by molar-refractivity contribution is 5.73. The van der Waals surface area contributed by atoms with E-state index in [9.17, 15) is 15.2 Å². The summed E-state index contributed by atoms with van der Waals surface area (Å²) in [6.07, 6.45) is 2.26. The van der Waals surface area contributed by atoms with Crippen molar-refractivity contribution in [2.75, 3.05) is 18.0 Å². The summed E-state index contributed by atoms with van der Waals surface area (Å²) < 4.78 is 0. The fourth-order valence-electron chi connectivity index (χ4n) is 3.38. The molecule has 1 aromatic rings. The fraction of sp³-hybridized carbons (Fsp3) is 0.588. The van der Waals surface area contributed by atoms with E-state index in [1.807, 2.05) is 11.0 Å². The van der Waals surface area contributed by atoms with E-state index in [-0.39, 0.29) is 17.8 Å². The summed E-state index contributed by atoms with van der Waals surface area (Å²) in [6, 6.07) is 5.88. The maximum Gasteiger partial charge on any atom is 0.308 e. The summed E-state index contributed by atoms with van der Waals surface area (Å²) in [7, 11) is 0. The average molecular weight is 299 g/mol. The molecular formula is C17H21N3O2. The van der Waals surface area contributed by atoms with Crippen LogP contribution in [-0.4, -0.2) is 29.1 Å². The number of nitriles is 1. The number of carboxylic acid groups (broad SMARTS) is 1. The molecule has 1 saturated heterocycles. The van der Waals surface area contributed by atoms with E-state index < -0.39 is 5.97 Å². The predicted molar refractivity (Wildman–Crippen MR) is 82.6 cm³/mol. The second-order valence-corrected chi connectivity index (χ2v) is 6.72. The van der Waals surface area contributed by atoms with E-state index in [0.717, 1.165) is 18.5 Å². The molecule has 3 rings (SSSR count). The molecule has 22 heavy (non-hydrogen) atoms. The van der Waals surface area contributed by atoms with Gasteiger partial charge in [-0.25, -0.2) is 4.98 Å². The number of hydrogen-bond donors (Lipinski definition) is 1. The minimum absolute atomic E-state index is 0.188. The molecule has 0 spiro atoms. The van der Waals surface area contributed by atoms with Crippen molar-refractivity contribution in [1.29, 1.82) is 5.26 Å². The lowest BCUT2D eigenvalue weighted by Gasteiger charge is -2.20. The number of anilines is 1. The van der Waals surface area contributed by atoms with E-state index in [2.05, 4.69) is 24.9 Å². The van der Waals surface area contributed by atoms with E-state index in [4.69, 9.17) is 0 Å². The first-order valence-corrected chi connectivity index (χ1v) is 7.90. The highest BCUT2D eigenvalue weighted by atomic mass is 16.4. The summed E-state index contributed by atoms with van der Waals surface area (Å²) in [5.74, 6) is 0.589. The number of nitrogens with zero attached hydrogens (tertiary/aromatic N) is 3. The monoisotopic (exact) mass is 299 g/mol. The van der Waals surface area contributed by atoms with E-state index in [0.29, 0.717) is 30.4 Å². The molecule has 5 heteroatoms. The van der Waals surface area contributed by atoms with Crippen LogP contribution in [0.4, 0.5) is 5.82 Å². The Kier molecular flexibility index (Phi) is 3.78. The van der Waals surface area contributed by atoms with Crippen molar-refractivity contribution >= 4 is 11.8 Å². The second-order valence-electron chi connectivity index (χ2n) is 6.72. The molecule has 2 aliphatic rings. The van der Waals surface area contributed by atoms with Crippen molar-refractivity contribution in [3.8, 4) is 6.07 Å². The van der Waals surface area contributed by atoms with Crippen molar-refractivity contribution in [2.24, 2.45) is 17.8 Å². The largest absolute Gasteiger partial charge is 0.481 e. The Bertz CT molecular complexity index is 631. The van der Waals surface area contributed by atoms with Gasteiger partial charge in [-0.15, -0.1) is 0 Å². The summed E-state index contributed by atoms with van der Waals surface area (Å²) in [6.45, 7) is 5.29. The third kappa shape index (κ3) is 2.66. The van der Waals surface area contributed by atoms with Crippen molar-refractivity contribution < 1.29 is 9.90 Å². The zero-order chi connectivity index (χ0) is 15.9. The number of rotatable bonds is 4. The van der Waals surface area contributed by atoms with Crippen LogP contribution in [0.1, 0.15) is 43.9 Å². The van der Waals surface area contributed by atoms with Crippen LogP contribution in [-0.2, 0) is 4.79 Å². The normalized spacial score (nSPS) is 24.5. The van der Waals surface area contributed by atoms with Crippen LogP contribution in [0.15, 0.2) is 12.1 Å². The Labute approximate surface area is 130 Å². The Morgan fingerprint density at radius 1 is 1.41 bits per heavy atom. The number of carboxylic acids is 1. The SMILES string of the molecule is CC(C)c1ccc(C#N)c(N2C[C@@H](C(=O)O)[C@H](C3CC3)C2)n1. The maximum absolute atomic E-state index is 11.5. The molecule has 1 aromatic heterocycles. The quantitative estimate of drug-likeness (QED) is 0.924. The van der Waals surface area contributed by atoms with Crippen LogP contribution in [0.25, 0.3) is 0 Å². The lowest BCUT2D eigenvalue weighted by atomic mass is 9.92. The van der Waals surface area contributed by atoms with Gasteiger partial charge in [0.25, 0.3) is 0 Å². The topological polar surface area (TPSA) is 77.2 Å². The molecule has 0 unspecified atom stereocenters. The van der Waals surface area contributed by atoms with Gasteiger partial charge in [-0.05, 0) is 42.7 Å². The Balaban J connectivity index is 1.92. The molecule has 2 fully saturated rings. The van der Waals surface area contributed by atoms with Crippen LogP contribution in [0, 0.1) is 29.1 Å². The highest BCUT2D eigenvalue weighted by Crippen LogP contribution is 2.45. The number of carbonyl (C=O) groups is 1. The van der Waals surface area contributed by atoms with Gasteiger partial charge in [-0.2, -0.15) is 5.26 Å². The standard InChI is InChI=1S/C17H21N3O2/c1-10(2)15-6-5-12(7-18)16(19-15)20-8-13(11-3-4-11)14(9-20)17(21)22/h5-6,10-11,13-14H,3-4,8-9H2,1-2H3,(H,21,22)/t13-,14+/m0/s1. The maximum atomic E-state index is 11.5. The summed E-state index contributed by atoms with van der Waals surface area (Å²) >= 11 is 0. The first kappa shape index (κ1) is 14.8. The molecule has 1 N–H and O–H groups in total. The number of aliphatic carboxylic acids is 1. The predicted octanol–water partition coefficient (Wildman–Crippen LogP) is 2.62. The molecule has 0 amide bonds.